The van der Waals surface area contributed by atoms with Crippen LogP contribution in [0.3, 0.4) is 0 Å². The normalized spacial score (nSPS) is 19.5. The monoisotopic (exact) mass is 445 g/mol. The van der Waals surface area contributed by atoms with Crippen LogP contribution in [0.25, 0.3) is 11.1 Å². The largest absolute Gasteiger partial charge is 0.497 e. The number of ether oxygens (including phenoxy) is 1. The molecule has 1 atom stereocenters. The van der Waals surface area contributed by atoms with Crippen LogP contribution in [0.4, 0.5) is 4.79 Å². The van der Waals surface area contributed by atoms with E-state index in [1.54, 1.807) is 24.1 Å². The molecule has 3 heterocycles. The first-order valence-corrected chi connectivity index (χ1v) is 10.5. The molecule has 2 aliphatic heterocycles. The van der Waals surface area contributed by atoms with E-state index in [4.69, 9.17) is 4.74 Å². The molecule has 0 spiro atoms. The molecule has 2 aromatic carbocycles. The van der Waals surface area contributed by atoms with E-state index in [2.05, 4.69) is 20.8 Å². The molecule has 0 unspecified atom stereocenters. The van der Waals surface area contributed by atoms with Gasteiger partial charge in [0.1, 0.15) is 5.75 Å². The van der Waals surface area contributed by atoms with Gasteiger partial charge in [0.05, 0.1) is 19.3 Å². The molecule has 2 aliphatic rings. The van der Waals surface area contributed by atoms with Crippen molar-refractivity contribution in [1.82, 2.24) is 25.7 Å². The molecule has 1 aromatic heterocycles. The summed E-state index contributed by atoms with van der Waals surface area (Å²) in [7, 11) is 1.54. The molecular formula is C24H23N5O4. The number of aryl methyl sites for hydroxylation is 2. The Morgan fingerprint density at radius 3 is 2.45 bits per heavy atom. The predicted molar refractivity (Wildman–Crippen MR) is 120 cm³/mol. The van der Waals surface area contributed by atoms with Crippen LogP contribution < -0.4 is 15.4 Å². The quantitative estimate of drug-likeness (QED) is 0.522. The molecule has 33 heavy (non-hydrogen) atoms. The molecule has 3 aromatic rings. The van der Waals surface area contributed by atoms with Crippen LogP contribution in [-0.2, 0) is 16.9 Å². The van der Waals surface area contributed by atoms with Gasteiger partial charge in [-0.1, -0.05) is 30.3 Å². The number of imide groups is 1. The van der Waals surface area contributed by atoms with E-state index in [0.29, 0.717) is 23.4 Å². The molecule has 0 radical (unpaired) electrons. The predicted octanol–water partition coefficient (Wildman–Crippen LogP) is 2.39. The van der Waals surface area contributed by atoms with Crippen molar-refractivity contribution in [3.8, 4) is 16.9 Å². The first-order chi connectivity index (χ1) is 15.8. The van der Waals surface area contributed by atoms with Gasteiger partial charge in [0.25, 0.3) is 11.8 Å². The van der Waals surface area contributed by atoms with Gasteiger partial charge < -0.3 is 15.0 Å². The summed E-state index contributed by atoms with van der Waals surface area (Å²) in [6.45, 7) is 4.21. The first-order valence-electron chi connectivity index (χ1n) is 10.5. The lowest BCUT2D eigenvalue weighted by molar-refractivity contribution is -0.124. The van der Waals surface area contributed by atoms with Crippen LogP contribution >= 0.6 is 0 Å². The first kappa shape index (κ1) is 20.7. The van der Waals surface area contributed by atoms with Crippen molar-refractivity contribution in [2.24, 2.45) is 0 Å². The fourth-order valence-corrected chi connectivity index (χ4v) is 4.68. The third-order valence-corrected chi connectivity index (χ3v) is 6.36. The number of rotatable bonds is 5. The minimum absolute atomic E-state index is 0.00349. The standard InChI is InChI=1S/C24H23N5O4/c1-13-20(14(2)28-27-13)15-4-7-17(8-5-15)24(22(31)25-23(32)26-24)12-29-11-16-6-9-18(33-3)10-19(16)21(29)30/h4-10H,11-12H2,1-3H3,(H,27,28)(H2,25,26,31,32)/t24-/m0/s1. The van der Waals surface area contributed by atoms with Crippen molar-refractivity contribution in [3.63, 3.8) is 0 Å². The van der Waals surface area contributed by atoms with Gasteiger partial charge in [-0.2, -0.15) is 5.10 Å². The van der Waals surface area contributed by atoms with Gasteiger partial charge in [0, 0.05) is 23.4 Å². The van der Waals surface area contributed by atoms with Crippen LogP contribution in [0, 0.1) is 13.8 Å². The Balaban J connectivity index is 1.49. The van der Waals surface area contributed by atoms with E-state index in [-0.39, 0.29) is 12.5 Å². The number of carbonyl (C=O) groups is 3. The Morgan fingerprint density at radius 2 is 1.85 bits per heavy atom. The number of fused-ring (bicyclic) bond motifs is 1. The molecule has 1 fully saturated rings. The molecule has 9 heteroatoms. The number of urea groups is 1. The summed E-state index contributed by atoms with van der Waals surface area (Å²) in [4.78, 5) is 39.9. The maximum absolute atomic E-state index is 13.1. The topological polar surface area (TPSA) is 116 Å². The number of benzene rings is 2. The maximum Gasteiger partial charge on any atom is 0.322 e. The van der Waals surface area contributed by atoms with E-state index in [1.807, 2.05) is 44.2 Å². The summed E-state index contributed by atoms with van der Waals surface area (Å²) in [6.07, 6.45) is 0. The number of aromatic amines is 1. The summed E-state index contributed by atoms with van der Waals surface area (Å²) in [5.74, 6) is -0.109. The fourth-order valence-electron chi connectivity index (χ4n) is 4.68. The van der Waals surface area contributed by atoms with Crippen LogP contribution in [0.1, 0.15) is 32.9 Å². The van der Waals surface area contributed by atoms with Crippen LogP contribution in [0.2, 0.25) is 0 Å². The van der Waals surface area contributed by atoms with Gasteiger partial charge in [0.2, 0.25) is 0 Å². The Morgan fingerprint density at radius 1 is 1.09 bits per heavy atom. The maximum atomic E-state index is 13.1. The molecule has 9 nitrogen and oxygen atoms in total. The van der Waals surface area contributed by atoms with Gasteiger partial charge in [-0.15, -0.1) is 0 Å². The second-order valence-corrected chi connectivity index (χ2v) is 8.38. The molecule has 0 aliphatic carbocycles. The highest BCUT2D eigenvalue weighted by atomic mass is 16.5. The van der Waals surface area contributed by atoms with E-state index in [0.717, 1.165) is 28.1 Å². The number of amides is 4. The number of methoxy groups -OCH3 is 1. The number of H-pyrrole nitrogens is 1. The second kappa shape index (κ2) is 7.47. The fraction of sp³-hybridized carbons (Fsp3) is 0.250. The summed E-state index contributed by atoms with van der Waals surface area (Å²) in [5.41, 5.74) is 4.34. The van der Waals surface area contributed by atoms with Crippen molar-refractivity contribution in [2.45, 2.75) is 25.9 Å². The van der Waals surface area contributed by atoms with Crippen LogP contribution in [0.15, 0.2) is 42.5 Å². The lowest BCUT2D eigenvalue weighted by Crippen LogP contribution is -2.52. The highest BCUT2D eigenvalue weighted by Gasteiger charge is 2.50. The zero-order valence-corrected chi connectivity index (χ0v) is 18.5. The van der Waals surface area contributed by atoms with Gasteiger partial charge in [-0.05, 0) is 42.7 Å². The second-order valence-electron chi connectivity index (χ2n) is 8.38. The lowest BCUT2D eigenvalue weighted by Gasteiger charge is -2.31. The smallest absolute Gasteiger partial charge is 0.322 e. The van der Waals surface area contributed by atoms with E-state index in [1.165, 1.54) is 0 Å². The van der Waals surface area contributed by atoms with E-state index in [9.17, 15) is 14.4 Å². The number of carbonyl (C=O) groups excluding carboxylic acids is 3. The molecular weight excluding hydrogens is 422 g/mol. The van der Waals surface area contributed by atoms with Gasteiger partial charge in [-0.3, -0.25) is 20.0 Å². The lowest BCUT2D eigenvalue weighted by atomic mass is 9.88. The third kappa shape index (κ3) is 3.24. The molecule has 4 amide bonds. The van der Waals surface area contributed by atoms with Gasteiger partial charge in [0.15, 0.2) is 5.54 Å². The van der Waals surface area contributed by atoms with Gasteiger partial charge >= 0.3 is 6.03 Å². The average molecular weight is 445 g/mol. The summed E-state index contributed by atoms with van der Waals surface area (Å²) in [6, 6.07) is 12.2. The molecule has 1 saturated heterocycles. The number of nitrogens with one attached hydrogen (secondary N) is 3. The highest BCUT2D eigenvalue weighted by molar-refractivity contribution is 6.08. The molecule has 168 valence electrons. The van der Waals surface area contributed by atoms with Crippen molar-refractivity contribution in [3.05, 3.63) is 70.5 Å². The van der Waals surface area contributed by atoms with Crippen molar-refractivity contribution < 1.29 is 19.1 Å². The van der Waals surface area contributed by atoms with Crippen molar-refractivity contribution >= 4 is 17.8 Å². The molecule has 0 bridgehead atoms. The SMILES string of the molecule is COc1ccc2c(c1)C(=O)N(C[C@@]1(c3ccc(-c4c(C)n[nH]c4C)cc3)NC(=O)NC1=O)C2. The molecule has 3 N–H and O–H groups in total. The van der Waals surface area contributed by atoms with Crippen molar-refractivity contribution in [1.29, 1.82) is 0 Å². The minimum Gasteiger partial charge on any atom is -0.497 e. The summed E-state index contributed by atoms with van der Waals surface area (Å²) >= 11 is 0. The van der Waals surface area contributed by atoms with Crippen LogP contribution in [-0.4, -0.2) is 46.6 Å². The Hall–Kier alpha value is -4.14. The number of nitrogens with zero attached hydrogens (tertiary/aromatic N) is 2. The Kier molecular flexibility index (Phi) is 4.70. The molecule has 0 saturated carbocycles. The average Bonchev–Trinajstić information content (AvgIpc) is 3.41. The zero-order valence-electron chi connectivity index (χ0n) is 18.5. The van der Waals surface area contributed by atoms with Gasteiger partial charge in [-0.25, -0.2) is 4.79 Å². The van der Waals surface area contributed by atoms with E-state index < -0.39 is 17.5 Å². The Bertz CT molecular complexity index is 1280. The summed E-state index contributed by atoms with van der Waals surface area (Å²) in [5, 5.41) is 12.3. The van der Waals surface area contributed by atoms with Crippen LogP contribution in [0.5, 0.6) is 5.75 Å². The highest BCUT2D eigenvalue weighted by Crippen LogP contribution is 2.34. The third-order valence-electron chi connectivity index (χ3n) is 6.36. The summed E-state index contributed by atoms with van der Waals surface area (Å²) < 4.78 is 5.24. The minimum atomic E-state index is -1.39. The number of hydrogen-bond donors (Lipinski definition) is 3. The van der Waals surface area contributed by atoms with Crippen molar-refractivity contribution in [2.75, 3.05) is 13.7 Å². The number of hydrogen-bond acceptors (Lipinski definition) is 5. The molecule has 5 rings (SSSR count). The van der Waals surface area contributed by atoms with E-state index >= 15 is 0 Å². The number of aromatic nitrogens is 2. The Labute approximate surface area is 190 Å². The zero-order chi connectivity index (χ0) is 23.3.